The maximum atomic E-state index is 14.6. The number of nitrogens with one attached hydrogen (secondary N) is 2. The molecule has 7 rings (SSSR count). The quantitative estimate of drug-likeness (QED) is 0.111. The number of benzene rings is 5. The average Bonchev–Trinajstić information content (AvgIpc) is 3.56. The van der Waals surface area contributed by atoms with Gasteiger partial charge < -0.3 is 15.1 Å². The predicted octanol–water partition coefficient (Wildman–Crippen LogP) is 10.4. The molecule has 2 heterocycles. The third-order valence-corrected chi connectivity index (χ3v) is 13.3. The smallest absolute Gasteiger partial charge is 0.275 e. The Labute approximate surface area is 370 Å². The number of sulfonamides is 1. The zero-order valence-corrected chi connectivity index (χ0v) is 37.1. The summed E-state index contributed by atoms with van der Waals surface area (Å²) < 4.78 is 31.4. The van der Waals surface area contributed by atoms with Crippen molar-refractivity contribution in [3.63, 3.8) is 0 Å². The van der Waals surface area contributed by atoms with Gasteiger partial charge in [0.2, 0.25) is 0 Å². The number of unbranched alkanes of at least 4 members (excludes halogenated alkanes) is 2. The van der Waals surface area contributed by atoms with Crippen molar-refractivity contribution in [1.82, 2.24) is 24.3 Å². The molecule has 0 fully saturated rings. The molecule has 5 aromatic carbocycles. The summed E-state index contributed by atoms with van der Waals surface area (Å²) in [5.41, 5.74) is 4.18. The van der Waals surface area contributed by atoms with E-state index < -0.39 is 21.8 Å². The molecule has 0 bridgehead atoms. The number of amides is 3. The molecular formula is C46H45Cl3N6O5S. The van der Waals surface area contributed by atoms with Crippen molar-refractivity contribution in [3.05, 3.63) is 146 Å². The Hall–Kier alpha value is -5.40. The fourth-order valence-electron chi connectivity index (χ4n) is 7.39. The van der Waals surface area contributed by atoms with Crippen LogP contribution in [-0.2, 0) is 23.0 Å². The van der Waals surface area contributed by atoms with Crippen LogP contribution in [0, 0.1) is 6.92 Å². The average molecular weight is 900 g/mol. The van der Waals surface area contributed by atoms with Gasteiger partial charge >= 0.3 is 0 Å². The monoisotopic (exact) mass is 898 g/mol. The van der Waals surface area contributed by atoms with Crippen LogP contribution in [0.2, 0.25) is 15.1 Å². The fraction of sp³-hybridized carbons (Fsp3) is 0.261. The summed E-state index contributed by atoms with van der Waals surface area (Å²) in [6.45, 7) is 7.69. The molecule has 316 valence electrons. The molecule has 61 heavy (non-hydrogen) atoms. The molecule has 0 unspecified atom stereocenters. The second kappa shape index (κ2) is 18.7. The number of fused-ring (bicyclic) bond motifs is 2. The van der Waals surface area contributed by atoms with E-state index in [-0.39, 0.29) is 38.3 Å². The van der Waals surface area contributed by atoms with Gasteiger partial charge in [0.25, 0.3) is 27.7 Å². The largest absolute Gasteiger partial charge is 0.355 e. The summed E-state index contributed by atoms with van der Waals surface area (Å²) in [5.74, 6) is -1.65. The number of hydrogen-bond donors (Lipinski definition) is 2. The van der Waals surface area contributed by atoms with Gasteiger partial charge in [-0.3, -0.25) is 14.4 Å². The first-order chi connectivity index (χ1) is 29.3. The highest BCUT2D eigenvalue weighted by Crippen LogP contribution is 2.33. The molecule has 6 aromatic rings. The summed E-state index contributed by atoms with van der Waals surface area (Å²) in [6, 6.07) is 27.3. The van der Waals surface area contributed by atoms with E-state index >= 15 is 0 Å². The van der Waals surface area contributed by atoms with Crippen LogP contribution in [0.15, 0.2) is 102 Å². The lowest BCUT2D eigenvalue weighted by Crippen LogP contribution is -2.37. The van der Waals surface area contributed by atoms with Gasteiger partial charge in [-0.1, -0.05) is 104 Å². The number of nitrogens with zero attached hydrogens (tertiary/aromatic N) is 4. The van der Waals surface area contributed by atoms with E-state index in [2.05, 4.69) is 29.0 Å². The van der Waals surface area contributed by atoms with Crippen molar-refractivity contribution in [2.24, 2.45) is 0 Å². The molecule has 11 nitrogen and oxygen atoms in total. The molecule has 0 aliphatic carbocycles. The van der Waals surface area contributed by atoms with E-state index in [0.717, 1.165) is 42.2 Å². The second-order valence-corrected chi connectivity index (χ2v) is 17.9. The normalized spacial score (nSPS) is 12.6. The van der Waals surface area contributed by atoms with E-state index in [4.69, 9.17) is 34.8 Å². The van der Waals surface area contributed by atoms with Crippen molar-refractivity contribution in [2.75, 3.05) is 25.0 Å². The van der Waals surface area contributed by atoms with Gasteiger partial charge in [-0.15, -0.1) is 0 Å². The number of halogens is 3. The Morgan fingerprint density at radius 2 is 1.56 bits per heavy atom. The molecule has 0 spiro atoms. The van der Waals surface area contributed by atoms with Crippen LogP contribution in [0.3, 0.4) is 0 Å². The van der Waals surface area contributed by atoms with Crippen LogP contribution in [0.5, 0.6) is 0 Å². The zero-order valence-electron chi connectivity index (χ0n) is 34.0. The van der Waals surface area contributed by atoms with Gasteiger partial charge in [0.1, 0.15) is 0 Å². The molecule has 2 N–H and O–H groups in total. The van der Waals surface area contributed by atoms with Gasteiger partial charge in [-0.25, -0.2) is 17.8 Å². The van der Waals surface area contributed by atoms with Crippen LogP contribution < -0.4 is 10.0 Å². The van der Waals surface area contributed by atoms with E-state index in [1.165, 1.54) is 35.0 Å². The summed E-state index contributed by atoms with van der Waals surface area (Å²) >= 11 is 19.2. The molecule has 1 aliphatic heterocycles. The highest BCUT2D eigenvalue weighted by molar-refractivity contribution is 7.90. The van der Waals surface area contributed by atoms with Crippen LogP contribution in [0.1, 0.15) is 87.6 Å². The van der Waals surface area contributed by atoms with Crippen molar-refractivity contribution < 1.29 is 22.8 Å². The van der Waals surface area contributed by atoms with Gasteiger partial charge in [-0.2, -0.15) is 5.10 Å². The molecule has 15 heteroatoms. The predicted molar refractivity (Wildman–Crippen MR) is 242 cm³/mol. The number of carbonyl (C=O) groups is 3. The third-order valence-electron chi connectivity index (χ3n) is 10.8. The lowest BCUT2D eigenvalue weighted by atomic mass is 9.98. The molecule has 3 amide bonds. The van der Waals surface area contributed by atoms with Gasteiger partial charge in [-0.05, 0) is 97.3 Å². The SMILES string of the molecule is CCCCN(CCCC)C(=O)c1nn(-c2ccc(C(=O)NS(=O)(=O)c3ccc4cccc(Nc5ccc(Cl)c(Cl)c5)c4c3)cc2C(=O)N2CCc3ccccc3C2)c(C)c1Cl. The summed E-state index contributed by atoms with van der Waals surface area (Å²) in [4.78, 5) is 45.8. The Morgan fingerprint density at radius 1 is 0.820 bits per heavy atom. The molecule has 1 aliphatic rings. The van der Waals surface area contributed by atoms with Gasteiger partial charge in [0.05, 0.1) is 36.9 Å². The van der Waals surface area contributed by atoms with E-state index in [9.17, 15) is 22.8 Å². The fourth-order valence-corrected chi connectivity index (χ4v) is 8.88. The van der Waals surface area contributed by atoms with E-state index in [1.807, 2.05) is 36.4 Å². The molecule has 0 atom stereocenters. The minimum atomic E-state index is -4.43. The third kappa shape index (κ3) is 9.43. The Bertz CT molecular complexity index is 2770. The summed E-state index contributed by atoms with van der Waals surface area (Å²) in [5, 5.41) is 10.2. The number of rotatable bonds is 14. The topological polar surface area (TPSA) is 134 Å². The minimum absolute atomic E-state index is 0.0651. The van der Waals surface area contributed by atoms with Crippen LogP contribution in [-0.4, -0.2) is 65.4 Å². The highest BCUT2D eigenvalue weighted by atomic mass is 35.5. The lowest BCUT2D eigenvalue weighted by molar-refractivity contribution is 0.0732. The molecular weight excluding hydrogens is 855 g/mol. The van der Waals surface area contributed by atoms with E-state index in [0.29, 0.717) is 65.1 Å². The summed E-state index contributed by atoms with van der Waals surface area (Å²) in [6.07, 6.45) is 4.09. The molecule has 0 saturated carbocycles. The maximum absolute atomic E-state index is 14.6. The first kappa shape index (κ1) is 43.7. The zero-order chi connectivity index (χ0) is 43.4. The second-order valence-electron chi connectivity index (χ2n) is 15.0. The number of carbonyl (C=O) groups excluding carboxylic acids is 3. The van der Waals surface area contributed by atoms with Gasteiger partial charge in [0.15, 0.2) is 5.69 Å². The van der Waals surface area contributed by atoms with Crippen LogP contribution >= 0.6 is 34.8 Å². The van der Waals surface area contributed by atoms with Crippen molar-refractivity contribution >= 4 is 84.7 Å². The maximum Gasteiger partial charge on any atom is 0.275 e. The number of aromatic nitrogens is 2. The van der Waals surface area contributed by atoms with Crippen molar-refractivity contribution in [3.8, 4) is 5.69 Å². The number of anilines is 2. The molecule has 0 radical (unpaired) electrons. The Balaban J connectivity index is 1.23. The summed E-state index contributed by atoms with van der Waals surface area (Å²) in [7, 11) is -4.43. The minimum Gasteiger partial charge on any atom is -0.355 e. The van der Waals surface area contributed by atoms with Crippen LogP contribution in [0.4, 0.5) is 11.4 Å². The number of hydrogen-bond acceptors (Lipinski definition) is 7. The highest BCUT2D eigenvalue weighted by Gasteiger charge is 2.30. The first-order valence-electron chi connectivity index (χ1n) is 20.2. The van der Waals surface area contributed by atoms with E-state index in [1.54, 1.807) is 47.1 Å². The van der Waals surface area contributed by atoms with Gasteiger partial charge in [0, 0.05) is 48.5 Å². The molecule has 0 saturated heterocycles. The first-order valence-corrected chi connectivity index (χ1v) is 22.8. The lowest BCUT2D eigenvalue weighted by Gasteiger charge is -2.29. The Morgan fingerprint density at radius 3 is 2.28 bits per heavy atom. The van der Waals surface area contributed by atoms with Crippen LogP contribution in [0.25, 0.3) is 16.5 Å². The van der Waals surface area contributed by atoms with Crippen molar-refractivity contribution in [1.29, 1.82) is 0 Å². The standard InChI is InChI=1S/C46H45Cl3N6O5S/c1-4-6-22-53(23-7-5-2)46(58)43-42(49)29(3)55(51-43)41-20-16-32(25-37(41)45(57)54-24-21-30-11-8-9-12-33(30)28-54)44(56)52-61(59,60)35-18-15-31-13-10-14-40(36(31)27-35)50-34-17-19-38(47)39(48)26-34/h8-20,25-27,50H,4-7,21-24,28H2,1-3H3,(H,52,56). The van der Waals surface area contributed by atoms with Crippen molar-refractivity contribution in [2.45, 2.75) is 64.3 Å². The Kier molecular flexibility index (Phi) is 13.4. The molecule has 1 aromatic heterocycles.